The molecular formula is C14H16N2O2. The van der Waals surface area contributed by atoms with Gasteiger partial charge >= 0.3 is 0 Å². The van der Waals surface area contributed by atoms with Crippen molar-refractivity contribution in [2.45, 2.75) is 25.3 Å². The van der Waals surface area contributed by atoms with Crippen LogP contribution >= 0.6 is 0 Å². The molecule has 2 aliphatic heterocycles. The summed E-state index contributed by atoms with van der Waals surface area (Å²) in [6.45, 7) is 1.59. The first-order valence-electron chi connectivity index (χ1n) is 6.44. The number of fused-ring (bicyclic) bond motifs is 1. The van der Waals surface area contributed by atoms with Crippen LogP contribution in [0, 0.1) is 0 Å². The van der Waals surface area contributed by atoms with Crippen LogP contribution in [0.15, 0.2) is 18.2 Å². The molecule has 2 N–H and O–H groups in total. The summed E-state index contributed by atoms with van der Waals surface area (Å²) in [6, 6.07) is 5.43. The lowest BCUT2D eigenvalue weighted by atomic mass is 9.94. The Labute approximate surface area is 106 Å². The summed E-state index contributed by atoms with van der Waals surface area (Å²) < 4.78 is 0. The van der Waals surface area contributed by atoms with Crippen molar-refractivity contribution in [3.8, 4) is 0 Å². The molecule has 1 aromatic rings. The van der Waals surface area contributed by atoms with Crippen LogP contribution in [0.4, 0.5) is 0 Å². The molecule has 1 saturated heterocycles. The van der Waals surface area contributed by atoms with Gasteiger partial charge in [-0.1, -0.05) is 12.1 Å². The Hall–Kier alpha value is -1.68. The molecule has 0 aromatic heterocycles. The highest BCUT2D eigenvalue weighted by Gasteiger charge is 2.25. The average molecular weight is 244 g/mol. The number of benzene rings is 1. The fourth-order valence-corrected chi connectivity index (χ4v) is 2.67. The minimum atomic E-state index is -0.0744. The van der Waals surface area contributed by atoms with E-state index in [1.807, 2.05) is 12.1 Å². The van der Waals surface area contributed by atoms with Gasteiger partial charge in [-0.2, -0.15) is 0 Å². The molecule has 1 fully saturated rings. The maximum absolute atomic E-state index is 12.2. The Balaban J connectivity index is 1.91. The van der Waals surface area contributed by atoms with Gasteiger partial charge in [-0.15, -0.1) is 0 Å². The zero-order valence-electron chi connectivity index (χ0n) is 10.2. The van der Waals surface area contributed by atoms with Gasteiger partial charge in [0.2, 0.25) is 0 Å². The van der Waals surface area contributed by atoms with Crippen LogP contribution in [0.25, 0.3) is 0 Å². The summed E-state index contributed by atoms with van der Waals surface area (Å²) in [5, 5.41) is 6.00. The second-order valence-electron chi connectivity index (χ2n) is 4.89. The average Bonchev–Trinajstić information content (AvgIpc) is 2.92. The number of ketones is 1. The number of Topliss-reactive ketones (excluding diaryl/α,β-unsaturated/α-hetero) is 1. The first kappa shape index (κ1) is 11.4. The summed E-state index contributed by atoms with van der Waals surface area (Å²) in [4.78, 5) is 24.0. The van der Waals surface area contributed by atoms with Gasteiger partial charge in [0, 0.05) is 17.7 Å². The molecule has 2 heterocycles. The number of amides is 1. The van der Waals surface area contributed by atoms with Crippen molar-refractivity contribution in [2.24, 2.45) is 0 Å². The highest BCUT2D eigenvalue weighted by Crippen LogP contribution is 2.19. The van der Waals surface area contributed by atoms with Crippen LogP contribution < -0.4 is 10.6 Å². The van der Waals surface area contributed by atoms with Crippen LogP contribution in [0.3, 0.4) is 0 Å². The van der Waals surface area contributed by atoms with Crippen molar-refractivity contribution in [2.75, 3.05) is 13.1 Å². The van der Waals surface area contributed by atoms with Crippen molar-refractivity contribution in [3.05, 3.63) is 34.9 Å². The third kappa shape index (κ3) is 1.93. The molecule has 4 nitrogen and oxygen atoms in total. The normalized spacial score (nSPS) is 22.4. The molecule has 0 bridgehead atoms. The second-order valence-corrected chi connectivity index (χ2v) is 4.89. The number of rotatable bonds is 2. The zero-order chi connectivity index (χ0) is 12.5. The van der Waals surface area contributed by atoms with E-state index in [2.05, 4.69) is 10.6 Å². The van der Waals surface area contributed by atoms with Crippen molar-refractivity contribution >= 4 is 11.7 Å². The first-order chi connectivity index (χ1) is 8.75. The van der Waals surface area contributed by atoms with E-state index in [0.29, 0.717) is 17.7 Å². The van der Waals surface area contributed by atoms with E-state index in [0.717, 1.165) is 31.4 Å². The van der Waals surface area contributed by atoms with Gasteiger partial charge in [0.1, 0.15) is 0 Å². The quantitative estimate of drug-likeness (QED) is 0.760. The molecule has 4 heteroatoms. The van der Waals surface area contributed by atoms with Gasteiger partial charge < -0.3 is 10.6 Å². The number of hydrogen-bond acceptors (Lipinski definition) is 3. The molecule has 1 aromatic carbocycles. The van der Waals surface area contributed by atoms with Crippen LogP contribution in [-0.4, -0.2) is 30.8 Å². The van der Waals surface area contributed by atoms with Gasteiger partial charge in [-0.05, 0) is 37.4 Å². The van der Waals surface area contributed by atoms with E-state index in [1.165, 1.54) is 0 Å². The lowest BCUT2D eigenvalue weighted by Gasteiger charge is -2.17. The van der Waals surface area contributed by atoms with E-state index in [-0.39, 0.29) is 17.7 Å². The van der Waals surface area contributed by atoms with Crippen molar-refractivity contribution < 1.29 is 9.59 Å². The summed E-state index contributed by atoms with van der Waals surface area (Å²) in [6.07, 6.45) is 2.78. The third-order valence-electron chi connectivity index (χ3n) is 3.70. The van der Waals surface area contributed by atoms with E-state index < -0.39 is 0 Å². The fraction of sp³-hybridized carbons (Fsp3) is 0.429. The Morgan fingerprint density at radius 1 is 1.28 bits per heavy atom. The molecule has 0 spiro atoms. The predicted molar refractivity (Wildman–Crippen MR) is 67.8 cm³/mol. The molecule has 18 heavy (non-hydrogen) atoms. The van der Waals surface area contributed by atoms with Crippen molar-refractivity contribution in [1.82, 2.24) is 10.6 Å². The monoisotopic (exact) mass is 244 g/mol. The molecule has 1 atom stereocenters. The lowest BCUT2D eigenvalue weighted by molar-refractivity contribution is 0.0946. The summed E-state index contributed by atoms with van der Waals surface area (Å²) in [5.74, 6) is 0.0407. The van der Waals surface area contributed by atoms with E-state index in [4.69, 9.17) is 0 Å². The highest BCUT2D eigenvalue weighted by atomic mass is 16.1. The Bertz CT molecular complexity index is 505. The van der Waals surface area contributed by atoms with Gasteiger partial charge in [-0.25, -0.2) is 0 Å². The zero-order valence-corrected chi connectivity index (χ0v) is 10.2. The molecule has 0 saturated carbocycles. The number of hydrogen-bond donors (Lipinski definition) is 2. The molecule has 94 valence electrons. The van der Waals surface area contributed by atoms with Crippen LogP contribution in [0.1, 0.15) is 39.1 Å². The first-order valence-corrected chi connectivity index (χ1v) is 6.44. The molecule has 1 unspecified atom stereocenters. The molecule has 2 aliphatic rings. The van der Waals surface area contributed by atoms with Crippen molar-refractivity contribution in [3.63, 3.8) is 0 Å². The predicted octanol–water partition coefficient (Wildman–Crippen LogP) is 0.907. The minimum absolute atomic E-state index is 0.0646. The molecule has 3 rings (SSSR count). The molecule has 0 aliphatic carbocycles. The second kappa shape index (κ2) is 4.53. The number of carbonyl (C=O) groups excluding carboxylic acids is 2. The van der Waals surface area contributed by atoms with Gasteiger partial charge in [0.25, 0.3) is 5.91 Å². The summed E-state index contributed by atoms with van der Waals surface area (Å²) in [5.41, 5.74) is 2.34. The number of carbonyl (C=O) groups is 2. The maximum Gasteiger partial charge on any atom is 0.251 e. The van der Waals surface area contributed by atoms with Crippen molar-refractivity contribution in [1.29, 1.82) is 0 Å². The highest BCUT2D eigenvalue weighted by molar-refractivity contribution is 6.04. The topological polar surface area (TPSA) is 58.2 Å². The lowest BCUT2D eigenvalue weighted by Crippen LogP contribution is -2.33. The Morgan fingerprint density at radius 2 is 2.17 bits per heavy atom. The molecule has 0 radical (unpaired) electrons. The SMILES string of the molecule is O=C1NCCc2ccc(C(=O)C3CCCN3)cc21. The van der Waals surface area contributed by atoms with E-state index >= 15 is 0 Å². The van der Waals surface area contributed by atoms with Crippen LogP contribution in [0.5, 0.6) is 0 Å². The van der Waals surface area contributed by atoms with E-state index in [9.17, 15) is 9.59 Å². The third-order valence-corrected chi connectivity index (χ3v) is 3.70. The largest absolute Gasteiger partial charge is 0.352 e. The van der Waals surface area contributed by atoms with E-state index in [1.54, 1.807) is 6.07 Å². The van der Waals surface area contributed by atoms with Gasteiger partial charge in [0.15, 0.2) is 5.78 Å². The minimum Gasteiger partial charge on any atom is -0.352 e. The summed E-state index contributed by atoms with van der Waals surface area (Å²) >= 11 is 0. The van der Waals surface area contributed by atoms with Gasteiger partial charge in [0.05, 0.1) is 6.04 Å². The molecule has 1 amide bonds. The summed E-state index contributed by atoms with van der Waals surface area (Å²) in [7, 11) is 0. The number of nitrogens with one attached hydrogen (secondary N) is 2. The standard InChI is InChI=1S/C14H16N2O2/c17-13(12-2-1-6-15-12)10-4-3-9-5-7-16-14(18)11(9)8-10/h3-4,8,12,15H,1-2,5-7H2,(H,16,18). The van der Waals surface area contributed by atoms with Crippen LogP contribution in [-0.2, 0) is 6.42 Å². The van der Waals surface area contributed by atoms with Gasteiger partial charge in [-0.3, -0.25) is 9.59 Å². The maximum atomic E-state index is 12.2. The smallest absolute Gasteiger partial charge is 0.251 e. The molecular weight excluding hydrogens is 228 g/mol. The fourth-order valence-electron chi connectivity index (χ4n) is 2.67. The Kier molecular flexibility index (Phi) is 2.88. The Morgan fingerprint density at radius 3 is 2.94 bits per heavy atom. The van der Waals surface area contributed by atoms with Crippen LogP contribution in [0.2, 0.25) is 0 Å².